The standard InChI is InChI=1S/C15H16N4/c1-2-4-11(5-3-1)13-6-7-14(19-18-13)15-8-12(9-17-15)16-10-15/h1-7,12,16-17H,8-10H2. The van der Waals surface area contributed by atoms with E-state index in [1.165, 1.54) is 0 Å². The number of nitrogens with zero attached hydrogens (tertiary/aromatic N) is 2. The molecule has 2 fully saturated rings. The van der Waals surface area contributed by atoms with Crippen molar-refractivity contribution in [2.75, 3.05) is 13.1 Å². The lowest BCUT2D eigenvalue weighted by Gasteiger charge is -2.26. The first-order valence-electron chi connectivity index (χ1n) is 6.74. The lowest BCUT2D eigenvalue weighted by molar-refractivity contribution is 0.379. The molecule has 4 rings (SSSR count). The third-order valence-corrected chi connectivity index (χ3v) is 4.20. The number of nitrogens with one attached hydrogen (secondary N) is 2. The molecule has 2 bridgehead atoms. The van der Waals surface area contributed by atoms with Crippen LogP contribution >= 0.6 is 0 Å². The lowest BCUT2D eigenvalue weighted by Crippen LogP contribution is -2.48. The molecule has 19 heavy (non-hydrogen) atoms. The fraction of sp³-hybridized carbons (Fsp3) is 0.333. The Labute approximate surface area is 112 Å². The topological polar surface area (TPSA) is 49.8 Å². The Bertz CT molecular complexity index is 571. The maximum absolute atomic E-state index is 4.45. The maximum Gasteiger partial charge on any atom is 0.0929 e. The van der Waals surface area contributed by atoms with Gasteiger partial charge in [-0.05, 0) is 18.6 Å². The Balaban J connectivity index is 1.67. The minimum Gasteiger partial charge on any atom is -0.310 e. The van der Waals surface area contributed by atoms with Crippen LogP contribution in [0.25, 0.3) is 11.3 Å². The van der Waals surface area contributed by atoms with Gasteiger partial charge in [0.2, 0.25) is 0 Å². The van der Waals surface area contributed by atoms with E-state index >= 15 is 0 Å². The normalized spacial score (nSPS) is 28.7. The Kier molecular flexibility index (Phi) is 2.40. The molecule has 2 N–H and O–H groups in total. The van der Waals surface area contributed by atoms with Crippen molar-refractivity contribution in [3.63, 3.8) is 0 Å². The molecule has 4 heteroatoms. The van der Waals surface area contributed by atoms with Crippen LogP contribution in [0.5, 0.6) is 0 Å². The number of benzene rings is 1. The number of hydrogen-bond acceptors (Lipinski definition) is 4. The van der Waals surface area contributed by atoms with Gasteiger partial charge in [0, 0.05) is 24.7 Å². The van der Waals surface area contributed by atoms with E-state index in [0.717, 1.165) is 36.5 Å². The zero-order valence-corrected chi connectivity index (χ0v) is 10.6. The second-order valence-corrected chi connectivity index (χ2v) is 5.41. The SMILES string of the molecule is c1ccc(-c2ccc(C34CNC(CN3)C4)nn2)cc1. The van der Waals surface area contributed by atoms with Crippen LogP contribution in [0.4, 0.5) is 0 Å². The summed E-state index contributed by atoms with van der Waals surface area (Å²) in [5, 5.41) is 15.9. The van der Waals surface area contributed by atoms with Gasteiger partial charge >= 0.3 is 0 Å². The Morgan fingerprint density at radius 3 is 2.53 bits per heavy atom. The van der Waals surface area contributed by atoms with Crippen molar-refractivity contribution in [2.24, 2.45) is 0 Å². The molecule has 2 aromatic rings. The minimum atomic E-state index is 0.00683. The van der Waals surface area contributed by atoms with Crippen molar-refractivity contribution >= 4 is 0 Å². The molecule has 2 saturated heterocycles. The van der Waals surface area contributed by atoms with Crippen molar-refractivity contribution in [2.45, 2.75) is 18.0 Å². The van der Waals surface area contributed by atoms with E-state index < -0.39 is 0 Å². The summed E-state index contributed by atoms with van der Waals surface area (Å²) < 4.78 is 0. The lowest BCUT2D eigenvalue weighted by atomic mass is 9.95. The minimum absolute atomic E-state index is 0.00683. The van der Waals surface area contributed by atoms with E-state index in [2.05, 4.69) is 45.1 Å². The molecule has 3 heterocycles. The Morgan fingerprint density at radius 1 is 1.05 bits per heavy atom. The average molecular weight is 252 g/mol. The Morgan fingerprint density at radius 2 is 1.95 bits per heavy atom. The van der Waals surface area contributed by atoms with Crippen LogP contribution in [-0.4, -0.2) is 29.3 Å². The van der Waals surface area contributed by atoms with Gasteiger partial charge in [-0.1, -0.05) is 30.3 Å². The van der Waals surface area contributed by atoms with Gasteiger partial charge in [0.05, 0.1) is 16.9 Å². The van der Waals surface area contributed by atoms with Crippen molar-refractivity contribution in [1.29, 1.82) is 0 Å². The van der Waals surface area contributed by atoms with Crippen molar-refractivity contribution in [1.82, 2.24) is 20.8 Å². The smallest absolute Gasteiger partial charge is 0.0929 e. The molecule has 2 aliphatic heterocycles. The zero-order chi connectivity index (χ0) is 12.7. The van der Waals surface area contributed by atoms with Crippen LogP contribution in [0.2, 0.25) is 0 Å². The van der Waals surface area contributed by atoms with Gasteiger partial charge in [0.25, 0.3) is 0 Å². The average Bonchev–Trinajstić information content (AvgIpc) is 3.10. The first-order valence-corrected chi connectivity index (χ1v) is 6.74. The third kappa shape index (κ3) is 1.76. The van der Waals surface area contributed by atoms with Crippen LogP contribution in [0.3, 0.4) is 0 Å². The van der Waals surface area contributed by atoms with E-state index in [4.69, 9.17) is 0 Å². The molecule has 1 aromatic heterocycles. The summed E-state index contributed by atoms with van der Waals surface area (Å²) in [6.45, 7) is 1.99. The summed E-state index contributed by atoms with van der Waals surface area (Å²) in [5.41, 5.74) is 3.11. The monoisotopic (exact) mass is 252 g/mol. The van der Waals surface area contributed by atoms with Crippen molar-refractivity contribution in [3.05, 3.63) is 48.2 Å². The van der Waals surface area contributed by atoms with Crippen LogP contribution in [0.1, 0.15) is 12.1 Å². The van der Waals surface area contributed by atoms with Gasteiger partial charge in [-0.2, -0.15) is 10.2 Å². The number of rotatable bonds is 2. The van der Waals surface area contributed by atoms with Crippen LogP contribution in [0, 0.1) is 0 Å². The Hall–Kier alpha value is -1.78. The molecule has 2 unspecified atom stereocenters. The number of piperazine rings is 1. The van der Waals surface area contributed by atoms with Gasteiger partial charge in [-0.15, -0.1) is 0 Å². The molecular formula is C15H16N4. The molecule has 0 aliphatic carbocycles. The summed E-state index contributed by atoms with van der Waals surface area (Å²) in [6, 6.07) is 14.9. The quantitative estimate of drug-likeness (QED) is 0.846. The third-order valence-electron chi connectivity index (χ3n) is 4.20. The number of aromatic nitrogens is 2. The highest BCUT2D eigenvalue weighted by Gasteiger charge is 2.46. The zero-order valence-electron chi connectivity index (χ0n) is 10.6. The molecule has 96 valence electrons. The molecule has 0 radical (unpaired) electrons. The first-order chi connectivity index (χ1) is 9.36. The predicted molar refractivity (Wildman–Crippen MR) is 73.6 cm³/mol. The molecule has 2 atom stereocenters. The fourth-order valence-electron chi connectivity index (χ4n) is 3.12. The van der Waals surface area contributed by atoms with E-state index in [-0.39, 0.29) is 5.54 Å². The highest BCUT2D eigenvalue weighted by Crippen LogP contribution is 2.34. The van der Waals surface area contributed by atoms with Gasteiger partial charge < -0.3 is 10.6 Å². The van der Waals surface area contributed by atoms with E-state index in [9.17, 15) is 0 Å². The predicted octanol–water partition coefficient (Wildman–Crippen LogP) is 1.30. The highest BCUT2D eigenvalue weighted by molar-refractivity contribution is 5.58. The molecule has 0 saturated carbocycles. The second kappa shape index (κ2) is 4.11. The summed E-state index contributed by atoms with van der Waals surface area (Å²) in [4.78, 5) is 0. The summed E-state index contributed by atoms with van der Waals surface area (Å²) in [6.07, 6.45) is 1.12. The van der Waals surface area contributed by atoms with Crippen molar-refractivity contribution in [3.8, 4) is 11.3 Å². The summed E-state index contributed by atoms with van der Waals surface area (Å²) in [7, 11) is 0. The van der Waals surface area contributed by atoms with Gasteiger partial charge in [-0.3, -0.25) is 0 Å². The first kappa shape index (κ1) is 11.1. The van der Waals surface area contributed by atoms with Crippen molar-refractivity contribution < 1.29 is 0 Å². The summed E-state index contributed by atoms with van der Waals surface area (Å²) in [5.74, 6) is 0. The van der Waals surface area contributed by atoms with Gasteiger partial charge in [0.1, 0.15) is 0 Å². The highest BCUT2D eigenvalue weighted by atomic mass is 15.2. The van der Waals surface area contributed by atoms with E-state index in [1.54, 1.807) is 0 Å². The molecule has 0 spiro atoms. The molecule has 1 aromatic carbocycles. The second-order valence-electron chi connectivity index (χ2n) is 5.41. The summed E-state index contributed by atoms with van der Waals surface area (Å²) >= 11 is 0. The largest absolute Gasteiger partial charge is 0.310 e. The molecule has 4 nitrogen and oxygen atoms in total. The molecule has 0 amide bonds. The van der Waals surface area contributed by atoms with Gasteiger partial charge in [0.15, 0.2) is 0 Å². The van der Waals surface area contributed by atoms with Crippen LogP contribution in [0.15, 0.2) is 42.5 Å². The van der Waals surface area contributed by atoms with E-state index in [0.29, 0.717) is 6.04 Å². The van der Waals surface area contributed by atoms with Crippen LogP contribution < -0.4 is 10.6 Å². The number of fused-ring (bicyclic) bond motifs is 2. The fourth-order valence-corrected chi connectivity index (χ4v) is 3.12. The maximum atomic E-state index is 4.45. The number of hydrogen-bond donors (Lipinski definition) is 2. The van der Waals surface area contributed by atoms with Crippen LogP contribution in [-0.2, 0) is 5.54 Å². The van der Waals surface area contributed by atoms with Gasteiger partial charge in [-0.25, -0.2) is 0 Å². The molecule has 2 aliphatic rings. The van der Waals surface area contributed by atoms with E-state index in [1.807, 2.05) is 18.2 Å². The molecular weight excluding hydrogens is 236 g/mol.